The van der Waals surface area contributed by atoms with Crippen molar-refractivity contribution in [2.45, 2.75) is 6.54 Å². The zero-order chi connectivity index (χ0) is 14.4. The van der Waals surface area contributed by atoms with Crippen LogP contribution >= 0.6 is 27.3 Å². The second-order valence-corrected chi connectivity index (χ2v) is 5.68. The number of nitrogens with one attached hydrogen (secondary N) is 1. The zero-order valence-corrected chi connectivity index (χ0v) is 12.8. The monoisotopic (exact) mass is 350 g/mol. The molecule has 2 rings (SSSR count). The number of halogens is 1. The van der Waals surface area contributed by atoms with E-state index in [9.17, 15) is 4.79 Å². The Kier molecular flexibility index (Phi) is 5.30. The maximum absolute atomic E-state index is 12.1. The molecule has 0 aromatic carbocycles. The molecule has 0 aliphatic carbocycles. The van der Waals surface area contributed by atoms with Crippen LogP contribution in [0.2, 0.25) is 0 Å². The summed E-state index contributed by atoms with van der Waals surface area (Å²) < 4.78 is 0.999. The number of carbonyl (C=O) groups is 1. The van der Waals surface area contributed by atoms with E-state index in [0.29, 0.717) is 12.1 Å². The Morgan fingerprint density at radius 3 is 3.10 bits per heavy atom. The van der Waals surface area contributed by atoms with Crippen LogP contribution in [0.1, 0.15) is 20.9 Å². The van der Waals surface area contributed by atoms with Crippen molar-refractivity contribution in [1.82, 2.24) is 10.3 Å². The summed E-state index contributed by atoms with van der Waals surface area (Å²) in [5.74, 6) is 4.96. The smallest absolute Gasteiger partial charge is 0.271 e. The molecule has 4 nitrogen and oxygen atoms in total. The quantitative estimate of drug-likeness (QED) is 0.834. The van der Waals surface area contributed by atoms with Crippen molar-refractivity contribution in [2.24, 2.45) is 0 Å². The highest BCUT2D eigenvalue weighted by molar-refractivity contribution is 9.10. The second kappa shape index (κ2) is 7.20. The minimum Gasteiger partial charge on any atom is -0.384 e. The summed E-state index contributed by atoms with van der Waals surface area (Å²) in [7, 11) is 0. The number of pyridine rings is 1. The van der Waals surface area contributed by atoms with E-state index in [1.165, 1.54) is 0 Å². The number of nitrogens with zero attached hydrogens (tertiary/aromatic N) is 1. The number of hydrogen-bond donors (Lipinski definition) is 2. The predicted octanol–water partition coefficient (Wildman–Crippen LogP) is 2.18. The first-order chi connectivity index (χ1) is 9.70. The number of amides is 1. The van der Waals surface area contributed by atoms with E-state index in [2.05, 4.69) is 38.1 Å². The molecule has 102 valence electrons. The van der Waals surface area contributed by atoms with Crippen molar-refractivity contribution < 1.29 is 9.90 Å². The number of carbonyl (C=O) groups excluding carboxylic acids is 1. The molecule has 2 heterocycles. The van der Waals surface area contributed by atoms with Crippen molar-refractivity contribution in [3.8, 4) is 11.8 Å². The van der Waals surface area contributed by atoms with Crippen LogP contribution in [0.15, 0.2) is 34.2 Å². The summed E-state index contributed by atoms with van der Waals surface area (Å²) >= 11 is 4.93. The molecule has 0 atom stereocenters. The maximum Gasteiger partial charge on any atom is 0.271 e. The van der Waals surface area contributed by atoms with Crippen LogP contribution in [0.25, 0.3) is 0 Å². The number of aliphatic hydroxyl groups excluding tert-OH is 1. The number of aromatic nitrogens is 1. The van der Waals surface area contributed by atoms with Crippen molar-refractivity contribution in [2.75, 3.05) is 6.61 Å². The van der Waals surface area contributed by atoms with Gasteiger partial charge in [0.1, 0.15) is 12.3 Å². The van der Waals surface area contributed by atoms with Gasteiger partial charge in [-0.1, -0.05) is 11.8 Å². The fourth-order valence-corrected chi connectivity index (χ4v) is 2.91. The van der Waals surface area contributed by atoms with Crippen molar-refractivity contribution in [3.63, 3.8) is 0 Å². The Morgan fingerprint density at radius 2 is 2.40 bits per heavy atom. The molecule has 0 unspecified atom stereocenters. The summed E-state index contributed by atoms with van der Waals surface area (Å²) in [5.41, 5.74) is 0.774. The molecule has 0 fully saturated rings. The summed E-state index contributed by atoms with van der Waals surface area (Å²) in [4.78, 5) is 17.2. The van der Waals surface area contributed by atoms with Gasteiger partial charge in [-0.3, -0.25) is 4.79 Å². The highest BCUT2D eigenvalue weighted by atomic mass is 79.9. The fraction of sp³-hybridized carbons (Fsp3) is 0.143. The summed E-state index contributed by atoms with van der Waals surface area (Å²) in [6.45, 7) is 0.192. The van der Waals surface area contributed by atoms with Gasteiger partial charge in [-0.05, 0) is 34.1 Å². The van der Waals surface area contributed by atoms with Crippen LogP contribution in [0.4, 0.5) is 0 Å². The van der Waals surface area contributed by atoms with Crippen molar-refractivity contribution >= 4 is 33.2 Å². The Morgan fingerprint density at radius 1 is 1.55 bits per heavy atom. The largest absolute Gasteiger partial charge is 0.384 e. The molecule has 1 amide bonds. The third kappa shape index (κ3) is 3.90. The molecule has 0 spiro atoms. The summed E-state index contributed by atoms with van der Waals surface area (Å²) in [5, 5.41) is 13.5. The Balaban J connectivity index is 2.09. The van der Waals surface area contributed by atoms with E-state index < -0.39 is 0 Å². The fourth-order valence-electron chi connectivity index (χ4n) is 1.52. The Labute approximate surface area is 129 Å². The Hall–Kier alpha value is -1.68. The van der Waals surface area contributed by atoms with Gasteiger partial charge in [-0.15, -0.1) is 11.3 Å². The molecular formula is C14H11BrN2O2S. The summed E-state index contributed by atoms with van der Waals surface area (Å²) in [6.07, 6.45) is 1.54. The number of rotatable bonds is 3. The van der Waals surface area contributed by atoms with Crippen LogP contribution in [-0.4, -0.2) is 22.6 Å². The lowest BCUT2D eigenvalue weighted by atomic mass is 10.2. The second-order valence-electron chi connectivity index (χ2n) is 3.77. The Bertz CT molecular complexity index is 673. The van der Waals surface area contributed by atoms with Gasteiger partial charge in [-0.25, -0.2) is 4.98 Å². The van der Waals surface area contributed by atoms with Gasteiger partial charge in [0, 0.05) is 20.9 Å². The SMILES string of the molecule is O=C(NCc1cc(Br)cs1)c1ncccc1C#CCO. The predicted molar refractivity (Wildman–Crippen MR) is 81.4 cm³/mol. The first kappa shape index (κ1) is 14.7. The lowest BCUT2D eigenvalue weighted by molar-refractivity contribution is 0.0946. The lowest BCUT2D eigenvalue weighted by Gasteiger charge is -2.04. The van der Waals surface area contributed by atoms with Crippen LogP contribution in [0, 0.1) is 11.8 Å². The third-order valence-corrected chi connectivity index (χ3v) is 4.07. The van der Waals surface area contributed by atoms with Gasteiger partial charge >= 0.3 is 0 Å². The van der Waals surface area contributed by atoms with Gasteiger partial charge in [0.25, 0.3) is 5.91 Å². The molecule has 0 aliphatic rings. The standard InChI is InChI=1S/C14H11BrN2O2S/c15-11-7-12(20-9-11)8-17-14(19)13-10(4-2-6-18)3-1-5-16-13/h1,3,5,7,9,18H,6,8H2,(H,17,19). The van der Waals surface area contributed by atoms with Crippen molar-refractivity contribution in [1.29, 1.82) is 0 Å². The van der Waals surface area contributed by atoms with Crippen LogP contribution in [-0.2, 0) is 6.54 Å². The summed E-state index contributed by atoms with van der Waals surface area (Å²) in [6, 6.07) is 5.36. The maximum atomic E-state index is 12.1. The van der Waals surface area contributed by atoms with Gasteiger partial charge in [0.15, 0.2) is 0 Å². The van der Waals surface area contributed by atoms with Gasteiger partial charge in [0.05, 0.1) is 12.1 Å². The van der Waals surface area contributed by atoms with Crippen LogP contribution in [0.3, 0.4) is 0 Å². The van der Waals surface area contributed by atoms with E-state index in [4.69, 9.17) is 5.11 Å². The van der Waals surface area contributed by atoms with E-state index in [1.54, 1.807) is 29.7 Å². The van der Waals surface area contributed by atoms with Crippen LogP contribution < -0.4 is 5.32 Å². The molecule has 0 radical (unpaired) electrons. The average molecular weight is 351 g/mol. The molecule has 6 heteroatoms. The molecule has 2 N–H and O–H groups in total. The molecule has 2 aromatic rings. The van der Waals surface area contributed by atoms with E-state index in [-0.39, 0.29) is 18.2 Å². The highest BCUT2D eigenvalue weighted by Crippen LogP contribution is 2.19. The number of hydrogen-bond acceptors (Lipinski definition) is 4. The molecule has 0 saturated heterocycles. The third-order valence-electron chi connectivity index (χ3n) is 2.37. The van der Waals surface area contributed by atoms with Gasteiger partial charge in [-0.2, -0.15) is 0 Å². The normalized spacial score (nSPS) is 9.70. The topological polar surface area (TPSA) is 62.2 Å². The highest BCUT2D eigenvalue weighted by Gasteiger charge is 2.11. The number of thiophene rings is 1. The minimum absolute atomic E-state index is 0.251. The molecule has 2 aromatic heterocycles. The zero-order valence-electron chi connectivity index (χ0n) is 10.4. The first-order valence-corrected chi connectivity index (χ1v) is 7.44. The average Bonchev–Trinajstić information content (AvgIpc) is 2.88. The molecule has 20 heavy (non-hydrogen) atoms. The van der Waals surface area contributed by atoms with Crippen molar-refractivity contribution in [3.05, 3.63) is 50.4 Å². The molecule has 0 aliphatic heterocycles. The van der Waals surface area contributed by atoms with Gasteiger partial charge in [0.2, 0.25) is 0 Å². The lowest BCUT2D eigenvalue weighted by Crippen LogP contribution is -2.24. The van der Waals surface area contributed by atoms with Gasteiger partial charge < -0.3 is 10.4 Å². The van der Waals surface area contributed by atoms with E-state index >= 15 is 0 Å². The number of aliphatic hydroxyl groups is 1. The van der Waals surface area contributed by atoms with E-state index in [1.807, 2.05) is 11.4 Å². The molecular weight excluding hydrogens is 340 g/mol. The van der Waals surface area contributed by atoms with E-state index in [0.717, 1.165) is 9.35 Å². The van der Waals surface area contributed by atoms with Crippen LogP contribution in [0.5, 0.6) is 0 Å². The molecule has 0 bridgehead atoms. The minimum atomic E-state index is -0.280. The molecule has 0 saturated carbocycles. The first-order valence-electron chi connectivity index (χ1n) is 5.76.